The normalized spacial score (nSPS) is 17.3. The number of carbonyl (C=O) groups is 2. The van der Waals surface area contributed by atoms with E-state index in [1.807, 2.05) is 13.8 Å². The van der Waals surface area contributed by atoms with E-state index >= 15 is 0 Å². The molecule has 0 fully saturated rings. The maximum Gasteiger partial charge on any atom is 0.257 e. The van der Waals surface area contributed by atoms with Gasteiger partial charge in [0.1, 0.15) is 0 Å². The van der Waals surface area contributed by atoms with Crippen molar-refractivity contribution in [3.05, 3.63) is 11.6 Å². The monoisotopic (exact) mass is 211 g/mol. The van der Waals surface area contributed by atoms with Crippen LogP contribution in [0.2, 0.25) is 0 Å². The summed E-state index contributed by atoms with van der Waals surface area (Å²) in [6, 6.07) is 0. The molecule has 1 N–H and O–H groups in total. The van der Waals surface area contributed by atoms with Crippen LogP contribution in [0.1, 0.15) is 33.6 Å². The summed E-state index contributed by atoms with van der Waals surface area (Å²) in [5.41, 5.74) is -0.290. The van der Waals surface area contributed by atoms with Crippen molar-refractivity contribution in [2.24, 2.45) is 0 Å². The lowest BCUT2D eigenvalue weighted by Crippen LogP contribution is -2.54. The molecule has 0 radical (unpaired) electrons. The zero-order valence-corrected chi connectivity index (χ0v) is 9.41. The minimum absolute atomic E-state index is 0.182. The van der Waals surface area contributed by atoms with Gasteiger partial charge in [0.15, 0.2) is 0 Å². The van der Waals surface area contributed by atoms with Gasteiger partial charge in [0.05, 0.1) is 12.1 Å². The first-order chi connectivity index (χ1) is 7.02. The Morgan fingerprint density at radius 2 is 1.87 bits per heavy atom. The van der Waals surface area contributed by atoms with E-state index < -0.39 is 5.54 Å². The minimum atomic E-state index is -0.734. The van der Waals surface area contributed by atoms with Crippen molar-refractivity contribution in [3.63, 3.8) is 0 Å². The quantitative estimate of drug-likeness (QED) is 0.701. The SMILES string of the molecule is CCC(CC)(CO)N1C(=O)C=C(C)C1=O. The van der Waals surface area contributed by atoms with Gasteiger partial charge < -0.3 is 5.11 Å². The fraction of sp³-hybridized carbons (Fsp3) is 0.636. The number of imide groups is 1. The highest BCUT2D eigenvalue weighted by Crippen LogP contribution is 2.29. The Morgan fingerprint density at radius 3 is 2.13 bits per heavy atom. The smallest absolute Gasteiger partial charge is 0.257 e. The Balaban J connectivity index is 3.07. The summed E-state index contributed by atoms with van der Waals surface area (Å²) in [5, 5.41) is 9.39. The first-order valence-electron chi connectivity index (χ1n) is 5.20. The standard InChI is InChI=1S/C11H17NO3/c1-4-11(5-2,7-13)12-9(14)6-8(3)10(12)15/h6,13H,4-5,7H2,1-3H3. The molecule has 0 bridgehead atoms. The average molecular weight is 211 g/mol. The molecule has 0 aliphatic carbocycles. The van der Waals surface area contributed by atoms with Crippen LogP contribution in [0, 0.1) is 0 Å². The van der Waals surface area contributed by atoms with Crippen LogP contribution < -0.4 is 0 Å². The molecule has 15 heavy (non-hydrogen) atoms. The molecule has 4 nitrogen and oxygen atoms in total. The first kappa shape index (κ1) is 11.9. The van der Waals surface area contributed by atoms with Gasteiger partial charge in [-0.25, -0.2) is 0 Å². The average Bonchev–Trinajstić information content (AvgIpc) is 2.48. The van der Waals surface area contributed by atoms with Crippen molar-refractivity contribution in [2.45, 2.75) is 39.2 Å². The van der Waals surface area contributed by atoms with Crippen molar-refractivity contribution < 1.29 is 14.7 Å². The number of aliphatic hydroxyl groups is 1. The molecule has 0 atom stereocenters. The van der Waals surface area contributed by atoms with Crippen molar-refractivity contribution >= 4 is 11.8 Å². The fourth-order valence-corrected chi connectivity index (χ4v) is 1.90. The van der Waals surface area contributed by atoms with Crippen molar-refractivity contribution in [3.8, 4) is 0 Å². The van der Waals surface area contributed by atoms with E-state index in [1.165, 1.54) is 11.0 Å². The van der Waals surface area contributed by atoms with Gasteiger partial charge in [0.2, 0.25) is 0 Å². The second-order valence-electron chi connectivity index (χ2n) is 3.90. The lowest BCUT2D eigenvalue weighted by atomic mass is 9.91. The maximum absolute atomic E-state index is 11.8. The molecule has 2 amide bonds. The van der Waals surface area contributed by atoms with Gasteiger partial charge >= 0.3 is 0 Å². The Morgan fingerprint density at radius 1 is 1.33 bits per heavy atom. The van der Waals surface area contributed by atoms with Crippen LogP contribution in [0.5, 0.6) is 0 Å². The van der Waals surface area contributed by atoms with E-state index in [4.69, 9.17) is 0 Å². The van der Waals surface area contributed by atoms with Gasteiger partial charge in [-0.15, -0.1) is 0 Å². The molecular weight excluding hydrogens is 194 g/mol. The largest absolute Gasteiger partial charge is 0.394 e. The molecule has 0 saturated carbocycles. The Hall–Kier alpha value is -1.16. The third-order valence-electron chi connectivity index (χ3n) is 3.19. The number of rotatable bonds is 4. The van der Waals surface area contributed by atoms with Crippen LogP contribution in [0.3, 0.4) is 0 Å². The molecule has 0 aromatic heterocycles. The van der Waals surface area contributed by atoms with Gasteiger partial charge in [0, 0.05) is 11.6 Å². The van der Waals surface area contributed by atoms with Crippen LogP contribution in [-0.2, 0) is 9.59 Å². The van der Waals surface area contributed by atoms with Crippen LogP contribution in [0.4, 0.5) is 0 Å². The molecule has 0 saturated heterocycles. The Kier molecular flexibility index (Phi) is 3.29. The summed E-state index contributed by atoms with van der Waals surface area (Å²) in [4.78, 5) is 24.6. The van der Waals surface area contributed by atoms with E-state index in [9.17, 15) is 14.7 Å². The molecule has 1 aliphatic rings. The number of aliphatic hydroxyl groups excluding tert-OH is 1. The molecule has 1 heterocycles. The highest BCUT2D eigenvalue weighted by molar-refractivity contribution is 6.16. The van der Waals surface area contributed by atoms with E-state index in [1.54, 1.807) is 6.92 Å². The molecule has 4 heteroatoms. The molecule has 0 aromatic carbocycles. The molecular formula is C11H17NO3. The van der Waals surface area contributed by atoms with E-state index in [0.29, 0.717) is 18.4 Å². The predicted molar refractivity (Wildman–Crippen MR) is 56.0 cm³/mol. The number of hydrogen-bond donors (Lipinski definition) is 1. The van der Waals surface area contributed by atoms with E-state index in [2.05, 4.69) is 0 Å². The zero-order chi connectivity index (χ0) is 11.6. The van der Waals surface area contributed by atoms with Crippen LogP contribution in [-0.4, -0.2) is 34.0 Å². The van der Waals surface area contributed by atoms with E-state index in [0.717, 1.165) is 0 Å². The zero-order valence-electron chi connectivity index (χ0n) is 9.41. The number of hydrogen-bond acceptors (Lipinski definition) is 3. The highest BCUT2D eigenvalue weighted by atomic mass is 16.3. The maximum atomic E-state index is 11.8. The van der Waals surface area contributed by atoms with Crippen LogP contribution in [0.25, 0.3) is 0 Å². The summed E-state index contributed by atoms with van der Waals surface area (Å²) >= 11 is 0. The highest BCUT2D eigenvalue weighted by Gasteiger charge is 2.43. The Bertz CT molecular complexity index is 308. The third kappa shape index (κ3) is 1.69. The van der Waals surface area contributed by atoms with E-state index in [-0.39, 0.29) is 18.4 Å². The van der Waals surface area contributed by atoms with Crippen LogP contribution in [0.15, 0.2) is 11.6 Å². The Labute approximate surface area is 89.6 Å². The van der Waals surface area contributed by atoms with Crippen LogP contribution >= 0.6 is 0 Å². The second kappa shape index (κ2) is 4.14. The van der Waals surface area contributed by atoms with Gasteiger partial charge in [0.25, 0.3) is 11.8 Å². The molecule has 84 valence electrons. The summed E-state index contributed by atoms with van der Waals surface area (Å²) in [6.07, 6.45) is 2.47. The summed E-state index contributed by atoms with van der Waals surface area (Å²) in [7, 11) is 0. The molecule has 0 unspecified atom stereocenters. The van der Waals surface area contributed by atoms with Gasteiger partial charge in [-0.2, -0.15) is 0 Å². The fourth-order valence-electron chi connectivity index (χ4n) is 1.90. The lowest BCUT2D eigenvalue weighted by Gasteiger charge is -2.37. The third-order valence-corrected chi connectivity index (χ3v) is 3.19. The van der Waals surface area contributed by atoms with Gasteiger partial charge in [-0.05, 0) is 19.8 Å². The predicted octanol–water partition coefficient (Wildman–Crippen LogP) is 0.853. The number of carbonyl (C=O) groups excluding carboxylic acids is 2. The number of nitrogens with zero attached hydrogens (tertiary/aromatic N) is 1. The summed E-state index contributed by atoms with van der Waals surface area (Å²) in [5.74, 6) is -0.590. The van der Waals surface area contributed by atoms with Crippen molar-refractivity contribution in [1.82, 2.24) is 4.90 Å². The van der Waals surface area contributed by atoms with Crippen molar-refractivity contribution in [2.75, 3.05) is 6.61 Å². The summed E-state index contributed by atoms with van der Waals surface area (Å²) in [6.45, 7) is 5.17. The molecule has 1 rings (SSSR count). The van der Waals surface area contributed by atoms with Gasteiger partial charge in [-0.1, -0.05) is 13.8 Å². The summed E-state index contributed by atoms with van der Waals surface area (Å²) < 4.78 is 0. The minimum Gasteiger partial charge on any atom is -0.394 e. The lowest BCUT2D eigenvalue weighted by molar-refractivity contribution is -0.147. The first-order valence-corrected chi connectivity index (χ1v) is 5.20. The number of amides is 2. The molecule has 1 aliphatic heterocycles. The molecule has 0 spiro atoms. The topological polar surface area (TPSA) is 57.6 Å². The molecule has 0 aromatic rings. The van der Waals surface area contributed by atoms with Gasteiger partial charge in [-0.3, -0.25) is 14.5 Å². The van der Waals surface area contributed by atoms with Crippen molar-refractivity contribution in [1.29, 1.82) is 0 Å². The second-order valence-corrected chi connectivity index (χ2v) is 3.90.